The lowest BCUT2D eigenvalue weighted by atomic mass is 10.0. The SMILES string of the molecule is COc1ccc(C)cc1NC(=O)[C@@H](NCc1c(C)nn(-c2ccccc2)c1C)c1ccccc1. The zero-order valence-electron chi connectivity index (χ0n) is 20.0. The van der Waals surface area contributed by atoms with Gasteiger partial charge in [0.2, 0.25) is 5.91 Å². The first kappa shape index (κ1) is 23.3. The first-order valence-corrected chi connectivity index (χ1v) is 11.3. The molecule has 0 spiro atoms. The van der Waals surface area contributed by atoms with Crippen molar-refractivity contribution in [3.8, 4) is 11.4 Å². The number of anilines is 1. The number of carbonyl (C=O) groups excluding carboxylic acids is 1. The number of ether oxygens (including phenoxy) is 1. The maximum Gasteiger partial charge on any atom is 0.246 e. The molecule has 0 radical (unpaired) electrons. The van der Waals surface area contributed by atoms with E-state index in [2.05, 4.69) is 17.6 Å². The van der Waals surface area contributed by atoms with Gasteiger partial charge in [0.15, 0.2) is 0 Å². The molecule has 34 heavy (non-hydrogen) atoms. The lowest BCUT2D eigenvalue weighted by molar-refractivity contribution is -0.118. The highest BCUT2D eigenvalue weighted by molar-refractivity contribution is 5.96. The van der Waals surface area contributed by atoms with Gasteiger partial charge in [0, 0.05) is 17.8 Å². The van der Waals surface area contributed by atoms with Gasteiger partial charge in [-0.05, 0) is 56.2 Å². The standard InChI is InChI=1S/C28H30N4O2/c1-19-15-16-26(34-4)25(17-19)30-28(33)27(22-11-7-5-8-12-22)29-18-24-20(2)31-32(21(24)3)23-13-9-6-10-14-23/h5-17,27,29H,18H2,1-4H3,(H,30,33)/t27-/m0/s1. The van der Waals surface area contributed by atoms with Crippen LogP contribution in [-0.4, -0.2) is 22.8 Å². The minimum atomic E-state index is -0.551. The van der Waals surface area contributed by atoms with Crippen LogP contribution in [0.4, 0.5) is 5.69 Å². The summed E-state index contributed by atoms with van der Waals surface area (Å²) in [5.74, 6) is 0.474. The Hall–Kier alpha value is -3.90. The molecule has 1 amide bonds. The Balaban J connectivity index is 1.60. The Morgan fingerprint density at radius 3 is 2.32 bits per heavy atom. The highest BCUT2D eigenvalue weighted by Gasteiger charge is 2.23. The van der Waals surface area contributed by atoms with E-state index in [1.54, 1.807) is 7.11 Å². The lowest BCUT2D eigenvalue weighted by Crippen LogP contribution is -2.33. The molecule has 0 saturated carbocycles. The number of hydrogen-bond acceptors (Lipinski definition) is 4. The van der Waals surface area contributed by atoms with Gasteiger partial charge in [0.1, 0.15) is 11.8 Å². The van der Waals surface area contributed by atoms with E-state index < -0.39 is 6.04 Å². The summed E-state index contributed by atoms with van der Waals surface area (Å²) in [6.45, 7) is 6.54. The van der Waals surface area contributed by atoms with Crippen molar-refractivity contribution in [3.05, 3.63) is 107 Å². The van der Waals surface area contributed by atoms with E-state index in [-0.39, 0.29) is 5.91 Å². The van der Waals surface area contributed by atoms with E-state index in [1.807, 2.05) is 97.4 Å². The Kier molecular flexibility index (Phi) is 7.09. The molecule has 1 aromatic heterocycles. The van der Waals surface area contributed by atoms with Crippen LogP contribution in [0.25, 0.3) is 5.69 Å². The molecule has 1 heterocycles. The van der Waals surface area contributed by atoms with Crippen LogP contribution in [0.15, 0.2) is 78.9 Å². The molecular weight excluding hydrogens is 424 g/mol. The Morgan fingerprint density at radius 1 is 0.971 bits per heavy atom. The molecule has 0 aliphatic rings. The molecule has 2 N–H and O–H groups in total. The Morgan fingerprint density at radius 2 is 1.65 bits per heavy atom. The van der Waals surface area contributed by atoms with E-state index in [0.29, 0.717) is 18.0 Å². The van der Waals surface area contributed by atoms with Crippen molar-refractivity contribution in [1.29, 1.82) is 0 Å². The highest BCUT2D eigenvalue weighted by atomic mass is 16.5. The smallest absolute Gasteiger partial charge is 0.246 e. The van der Waals surface area contributed by atoms with E-state index in [0.717, 1.165) is 33.8 Å². The topological polar surface area (TPSA) is 68.2 Å². The van der Waals surface area contributed by atoms with Gasteiger partial charge in [0.25, 0.3) is 0 Å². The summed E-state index contributed by atoms with van der Waals surface area (Å²) in [6, 6.07) is 25.0. The average molecular weight is 455 g/mol. The van der Waals surface area contributed by atoms with Crippen LogP contribution >= 0.6 is 0 Å². The van der Waals surface area contributed by atoms with Gasteiger partial charge >= 0.3 is 0 Å². The van der Waals surface area contributed by atoms with Crippen molar-refractivity contribution in [3.63, 3.8) is 0 Å². The van der Waals surface area contributed by atoms with Crippen molar-refractivity contribution < 1.29 is 9.53 Å². The maximum absolute atomic E-state index is 13.5. The maximum atomic E-state index is 13.5. The molecule has 6 nitrogen and oxygen atoms in total. The summed E-state index contributed by atoms with van der Waals surface area (Å²) in [5.41, 5.74) is 6.64. The fraction of sp³-hybridized carbons (Fsp3) is 0.214. The van der Waals surface area contributed by atoms with E-state index >= 15 is 0 Å². The molecule has 0 bridgehead atoms. The van der Waals surface area contributed by atoms with E-state index in [4.69, 9.17) is 9.84 Å². The van der Waals surface area contributed by atoms with Gasteiger partial charge in [-0.2, -0.15) is 5.10 Å². The molecule has 174 valence electrons. The Labute approximate surface area is 200 Å². The second-order valence-electron chi connectivity index (χ2n) is 8.31. The van der Waals surface area contributed by atoms with E-state index in [9.17, 15) is 4.79 Å². The van der Waals surface area contributed by atoms with Crippen molar-refractivity contribution >= 4 is 11.6 Å². The first-order chi connectivity index (χ1) is 16.5. The van der Waals surface area contributed by atoms with Crippen molar-refractivity contribution in [2.45, 2.75) is 33.4 Å². The average Bonchev–Trinajstić information content (AvgIpc) is 3.14. The van der Waals surface area contributed by atoms with Crippen LogP contribution in [0.1, 0.15) is 34.1 Å². The first-order valence-electron chi connectivity index (χ1n) is 11.3. The van der Waals surface area contributed by atoms with Crippen LogP contribution in [0.3, 0.4) is 0 Å². The summed E-state index contributed by atoms with van der Waals surface area (Å²) in [5, 5.41) is 11.3. The third-order valence-electron chi connectivity index (χ3n) is 5.93. The van der Waals surface area contributed by atoms with Gasteiger partial charge in [-0.1, -0.05) is 54.6 Å². The minimum Gasteiger partial charge on any atom is -0.495 e. The molecule has 0 saturated heterocycles. The molecule has 1 atom stereocenters. The van der Waals surface area contributed by atoms with Gasteiger partial charge < -0.3 is 10.1 Å². The molecule has 0 aliphatic carbocycles. The summed E-state index contributed by atoms with van der Waals surface area (Å²) in [4.78, 5) is 13.5. The van der Waals surface area contributed by atoms with Crippen LogP contribution in [0, 0.1) is 20.8 Å². The molecule has 0 fully saturated rings. The molecule has 0 unspecified atom stereocenters. The second-order valence-corrected chi connectivity index (χ2v) is 8.31. The molecular formula is C28H30N4O2. The number of methoxy groups -OCH3 is 1. The third kappa shape index (κ3) is 5.02. The largest absolute Gasteiger partial charge is 0.495 e. The summed E-state index contributed by atoms with van der Waals surface area (Å²) >= 11 is 0. The normalized spacial score (nSPS) is 11.8. The zero-order chi connectivity index (χ0) is 24.1. The number of rotatable bonds is 8. The van der Waals surface area contributed by atoms with E-state index in [1.165, 1.54) is 0 Å². The molecule has 4 aromatic rings. The summed E-state index contributed by atoms with van der Waals surface area (Å²) in [7, 11) is 1.60. The van der Waals surface area contributed by atoms with Crippen molar-refractivity contribution in [2.75, 3.05) is 12.4 Å². The number of aryl methyl sites for hydroxylation is 2. The minimum absolute atomic E-state index is 0.152. The third-order valence-corrected chi connectivity index (χ3v) is 5.93. The fourth-order valence-electron chi connectivity index (χ4n) is 4.09. The quantitative estimate of drug-likeness (QED) is 0.380. The molecule has 4 rings (SSSR count). The number of amides is 1. The number of benzene rings is 3. The second kappa shape index (κ2) is 10.4. The Bertz CT molecular complexity index is 1270. The number of carbonyl (C=O) groups is 1. The number of nitrogens with one attached hydrogen (secondary N) is 2. The zero-order valence-corrected chi connectivity index (χ0v) is 20.0. The molecule has 6 heteroatoms. The number of para-hydroxylation sites is 1. The summed E-state index contributed by atoms with van der Waals surface area (Å²) < 4.78 is 7.39. The number of nitrogens with zero attached hydrogens (tertiary/aromatic N) is 2. The molecule has 0 aliphatic heterocycles. The molecule has 3 aromatic carbocycles. The number of hydrogen-bond donors (Lipinski definition) is 2. The van der Waals surface area contributed by atoms with Crippen LogP contribution in [-0.2, 0) is 11.3 Å². The predicted molar refractivity (Wildman–Crippen MR) is 135 cm³/mol. The van der Waals surface area contributed by atoms with Crippen LogP contribution in [0.5, 0.6) is 5.75 Å². The summed E-state index contributed by atoms with van der Waals surface area (Å²) in [6.07, 6.45) is 0. The van der Waals surface area contributed by atoms with Crippen LogP contribution in [0.2, 0.25) is 0 Å². The number of aromatic nitrogens is 2. The monoisotopic (exact) mass is 454 g/mol. The predicted octanol–water partition coefficient (Wildman–Crippen LogP) is 5.28. The van der Waals surface area contributed by atoms with Gasteiger partial charge in [0.05, 0.1) is 24.2 Å². The fourth-order valence-corrected chi connectivity index (χ4v) is 4.09. The highest BCUT2D eigenvalue weighted by Crippen LogP contribution is 2.27. The van der Waals surface area contributed by atoms with Crippen LogP contribution < -0.4 is 15.4 Å². The van der Waals surface area contributed by atoms with Gasteiger partial charge in [-0.15, -0.1) is 0 Å². The van der Waals surface area contributed by atoms with Gasteiger partial charge in [-0.3, -0.25) is 10.1 Å². The lowest BCUT2D eigenvalue weighted by Gasteiger charge is -2.20. The van der Waals surface area contributed by atoms with Crippen molar-refractivity contribution in [1.82, 2.24) is 15.1 Å². The van der Waals surface area contributed by atoms with Crippen molar-refractivity contribution in [2.24, 2.45) is 0 Å². The van der Waals surface area contributed by atoms with Gasteiger partial charge in [-0.25, -0.2) is 4.68 Å².